The quantitative estimate of drug-likeness (QED) is 0.440. The standard InChI is InChI=1S/C29H39N3O3/c1-5-31(6-2)19-25-15-21(9-11-27(25)33)13-23-17-30-18-24(29(23)35)14-22-10-12-28(34)26(16-22)20-32(7-3)8-4/h9-16,30,33-34H,5-8,17-20H2,1-4H3. The van der Waals surface area contributed by atoms with Crippen LogP contribution in [0.25, 0.3) is 12.2 Å². The fourth-order valence-electron chi connectivity index (χ4n) is 4.35. The van der Waals surface area contributed by atoms with Crippen LogP contribution in [-0.2, 0) is 17.9 Å². The van der Waals surface area contributed by atoms with E-state index in [4.69, 9.17) is 0 Å². The summed E-state index contributed by atoms with van der Waals surface area (Å²) in [4.78, 5) is 17.8. The van der Waals surface area contributed by atoms with Crippen LogP contribution in [0.1, 0.15) is 49.9 Å². The molecule has 1 saturated heterocycles. The smallest absolute Gasteiger partial charge is 0.187 e. The molecule has 188 valence electrons. The molecule has 3 N–H and O–H groups in total. The van der Waals surface area contributed by atoms with Gasteiger partial charge in [-0.3, -0.25) is 14.6 Å². The fraction of sp³-hybridized carbons (Fsp3) is 0.414. The Balaban J connectivity index is 1.84. The second kappa shape index (κ2) is 12.7. The number of hydrogen-bond donors (Lipinski definition) is 3. The lowest BCUT2D eigenvalue weighted by Gasteiger charge is -2.20. The van der Waals surface area contributed by atoms with E-state index in [1.165, 1.54) is 0 Å². The van der Waals surface area contributed by atoms with Gasteiger partial charge in [0.05, 0.1) is 0 Å². The molecular weight excluding hydrogens is 438 g/mol. The Labute approximate surface area is 209 Å². The molecule has 0 aliphatic carbocycles. The second-order valence-corrected chi connectivity index (χ2v) is 8.97. The summed E-state index contributed by atoms with van der Waals surface area (Å²) in [6.45, 7) is 14.4. The van der Waals surface area contributed by atoms with Crippen LogP contribution < -0.4 is 5.32 Å². The van der Waals surface area contributed by atoms with Gasteiger partial charge in [-0.15, -0.1) is 0 Å². The molecule has 1 fully saturated rings. The third-order valence-corrected chi connectivity index (χ3v) is 6.68. The lowest BCUT2D eigenvalue weighted by atomic mass is 9.95. The van der Waals surface area contributed by atoms with Crippen molar-refractivity contribution in [2.45, 2.75) is 40.8 Å². The molecule has 0 saturated carbocycles. The molecule has 6 heteroatoms. The van der Waals surface area contributed by atoms with Crippen molar-refractivity contribution >= 4 is 17.9 Å². The third-order valence-electron chi connectivity index (χ3n) is 6.68. The van der Waals surface area contributed by atoms with Crippen molar-refractivity contribution in [3.05, 3.63) is 69.8 Å². The van der Waals surface area contributed by atoms with E-state index in [2.05, 4.69) is 42.8 Å². The third kappa shape index (κ3) is 7.04. The van der Waals surface area contributed by atoms with Crippen molar-refractivity contribution < 1.29 is 15.0 Å². The van der Waals surface area contributed by atoms with Gasteiger partial charge in [-0.25, -0.2) is 0 Å². The summed E-state index contributed by atoms with van der Waals surface area (Å²) in [5.74, 6) is 0.585. The van der Waals surface area contributed by atoms with Crippen LogP contribution in [0.3, 0.4) is 0 Å². The van der Waals surface area contributed by atoms with E-state index in [1.54, 1.807) is 12.1 Å². The van der Waals surface area contributed by atoms with Crippen molar-refractivity contribution in [3.8, 4) is 11.5 Å². The van der Waals surface area contributed by atoms with E-state index in [0.717, 1.165) is 48.4 Å². The van der Waals surface area contributed by atoms with Crippen LogP contribution in [0.15, 0.2) is 47.5 Å². The van der Waals surface area contributed by atoms with Crippen molar-refractivity contribution in [1.82, 2.24) is 15.1 Å². The van der Waals surface area contributed by atoms with E-state index < -0.39 is 0 Å². The Morgan fingerprint density at radius 3 is 1.51 bits per heavy atom. The van der Waals surface area contributed by atoms with Crippen molar-refractivity contribution in [3.63, 3.8) is 0 Å². The molecule has 2 aromatic carbocycles. The van der Waals surface area contributed by atoms with Gasteiger partial charge in [0.25, 0.3) is 0 Å². The first-order valence-electron chi connectivity index (χ1n) is 12.6. The molecule has 0 bridgehead atoms. The summed E-state index contributed by atoms with van der Waals surface area (Å²) in [5, 5.41) is 24.0. The maximum atomic E-state index is 13.3. The first kappa shape index (κ1) is 26.7. The van der Waals surface area contributed by atoms with E-state index in [9.17, 15) is 15.0 Å². The lowest BCUT2D eigenvalue weighted by Crippen LogP contribution is -2.32. The number of rotatable bonds is 10. The summed E-state index contributed by atoms with van der Waals surface area (Å²) in [7, 11) is 0. The number of nitrogens with one attached hydrogen (secondary N) is 1. The SMILES string of the molecule is CCN(CC)Cc1cc(C=C2CNCC(=Cc3ccc(O)c(CN(CC)CC)c3)C2=O)ccc1O. The van der Waals surface area contributed by atoms with Crippen molar-refractivity contribution in [2.24, 2.45) is 0 Å². The number of carbonyl (C=O) groups excluding carboxylic acids is 1. The normalized spacial score (nSPS) is 16.7. The van der Waals surface area contributed by atoms with E-state index in [1.807, 2.05) is 36.4 Å². The topological polar surface area (TPSA) is 76.0 Å². The van der Waals surface area contributed by atoms with Gasteiger partial charge in [0.1, 0.15) is 11.5 Å². The molecule has 0 amide bonds. The molecule has 0 spiro atoms. The molecule has 1 aliphatic rings. The zero-order valence-electron chi connectivity index (χ0n) is 21.5. The van der Waals surface area contributed by atoms with Gasteiger partial charge in [-0.05, 0) is 73.7 Å². The highest BCUT2D eigenvalue weighted by atomic mass is 16.3. The Kier molecular flexibility index (Phi) is 9.66. The molecule has 6 nitrogen and oxygen atoms in total. The molecule has 3 rings (SSSR count). The lowest BCUT2D eigenvalue weighted by molar-refractivity contribution is -0.112. The predicted octanol–water partition coefficient (Wildman–Crippen LogP) is 4.42. The van der Waals surface area contributed by atoms with E-state index >= 15 is 0 Å². The number of piperidine rings is 1. The molecule has 0 unspecified atom stereocenters. The highest BCUT2D eigenvalue weighted by Crippen LogP contribution is 2.25. The molecule has 0 radical (unpaired) electrons. The first-order chi connectivity index (χ1) is 16.9. The highest BCUT2D eigenvalue weighted by molar-refractivity contribution is 6.14. The summed E-state index contributed by atoms with van der Waals surface area (Å²) in [6, 6.07) is 11.0. The fourth-order valence-corrected chi connectivity index (χ4v) is 4.35. The monoisotopic (exact) mass is 477 g/mol. The molecule has 0 atom stereocenters. The second-order valence-electron chi connectivity index (χ2n) is 8.97. The molecule has 0 aromatic heterocycles. The molecule has 1 heterocycles. The zero-order chi connectivity index (χ0) is 25.4. The number of nitrogens with zero attached hydrogens (tertiary/aromatic N) is 2. The van der Waals surface area contributed by atoms with Gasteiger partial charge in [0, 0.05) is 48.5 Å². The Morgan fingerprint density at radius 2 is 1.14 bits per heavy atom. The summed E-state index contributed by atoms with van der Waals surface area (Å²) >= 11 is 0. The molecule has 1 aliphatic heterocycles. The van der Waals surface area contributed by atoms with Gasteiger partial charge in [0.15, 0.2) is 5.78 Å². The number of carbonyl (C=O) groups is 1. The maximum absolute atomic E-state index is 13.3. The van der Waals surface area contributed by atoms with Crippen molar-refractivity contribution in [1.29, 1.82) is 0 Å². The summed E-state index contributed by atoms with van der Waals surface area (Å²) < 4.78 is 0. The number of phenolic OH excluding ortho intramolecular Hbond substituents is 2. The maximum Gasteiger partial charge on any atom is 0.187 e. The van der Waals surface area contributed by atoms with Crippen LogP contribution in [-0.4, -0.2) is 65.1 Å². The Hall–Kier alpha value is -2.93. The van der Waals surface area contributed by atoms with Crippen LogP contribution in [0, 0.1) is 0 Å². The summed E-state index contributed by atoms with van der Waals surface area (Å²) in [5.41, 5.74) is 4.93. The number of Topliss-reactive ketones (excluding diaryl/α,β-unsaturated/α-hetero) is 1. The average molecular weight is 478 g/mol. The van der Waals surface area contributed by atoms with Gasteiger partial charge in [-0.1, -0.05) is 39.8 Å². The minimum atomic E-state index is 0.0282. The van der Waals surface area contributed by atoms with Crippen LogP contribution in [0.5, 0.6) is 11.5 Å². The molecule has 35 heavy (non-hydrogen) atoms. The number of benzene rings is 2. The van der Waals surface area contributed by atoms with E-state index in [-0.39, 0.29) is 17.3 Å². The minimum Gasteiger partial charge on any atom is -0.508 e. The number of hydrogen-bond acceptors (Lipinski definition) is 6. The van der Waals surface area contributed by atoms with Crippen LogP contribution >= 0.6 is 0 Å². The Morgan fingerprint density at radius 1 is 0.743 bits per heavy atom. The summed E-state index contributed by atoms with van der Waals surface area (Å²) in [6.07, 6.45) is 3.83. The Bertz CT molecular complexity index is 999. The molecular formula is C29H39N3O3. The van der Waals surface area contributed by atoms with Crippen molar-refractivity contribution in [2.75, 3.05) is 39.3 Å². The van der Waals surface area contributed by atoms with Gasteiger partial charge >= 0.3 is 0 Å². The zero-order valence-corrected chi connectivity index (χ0v) is 21.5. The van der Waals surface area contributed by atoms with Gasteiger partial charge in [-0.2, -0.15) is 0 Å². The predicted molar refractivity (Wildman–Crippen MR) is 143 cm³/mol. The molecule has 2 aromatic rings. The minimum absolute atomic E-state index is 0.0282. The van der Waals surface area contributed by atoms with Crippen LogP contribution in [0.4, 0.5) is 0 Å². The number of ketones is 1. The highest BCUT2D eigenvalue weighted by Gasteiger charge is 2.20. The van der Waals surface area contributed by atoms with E-state index in [0.29, 0.717) is 37.3 Å². The average Bonchev–Trinajstić information content (AvgIpc) is 2.86. The van der Waals surface area contributed by atoms with Gasteiger partial charge < -0.3 is 15.5 Å². The first-order valence-corrected chi connectivity index (χ1v) is 12.6. The number of phenols is 2. The number of aromatic hydroxyl groups is 2. The van der Waals surface area contributed by atoms with Gasteiger partial charge in [0.2, 0.25) is 0 Å². The largest absolute Gasteiger partial charge is 0.508 e. The van der Waals surface area contributed by atoms with Crippen LogP contribution in [0.2, 0.25) is 0 Å².